The van der Waals surface area contributed by atoms with Gasteiger partial charge in [-0.15, -0.1) is 0 Å². The van der Waals surface area contributed by atoms with Crippen LogP contribution in [-0.2, 0) is 0 Å². The van der Waals surface area contributed by atoms with Crippen molar-refractivity contribution in [3.05, 3.63) is 12.2 Å². The molecule has 0 aliphatic carbocycles. The summed E-state index contributed by atoms with van der Waals surface area (Å²) in [6.45, 7) is 15.0. The van der Waals surface area contributed by atoms with E-state index in [1.54, 1.807) is 0 Å². The summed E-state index contributed by atoms with van der Waals surface area (Å²) in [5.74, 6) is 0. The molecule has 0 fully saturated rings. The van der Waals surface area contributed by atoms with Crippen molar-refractivity contribution in [3.8, 4) is 0 Å². The van der Waals surface area contributed by atoms with E-state index in [9.17, 15) is 0 Å². The van der Waals surface area contributed by atoms with Crippen LogP contribution >= 0.6 is 0 Å². The van der Waals surface area contributed by atoms with Gasteiger partial charge in [-0.3, -0.25) is 0 Å². The summed E-state index contributed by atoms with van der Waals surface area (Å²) in [4.78, 5) is 0. The minimum atomic E-state index is 0. The Balaban J connectivity index is 0. The van der Waals surface area contributed by atoms with Crippen LogP contribution in [0.15, 0.2) is 12.2 Å². The Morgan fingerprint density at radius 3 is 1.06 bits per heavy atom. The van der Waals surface area contributed by atoms with E-state index in [1.807, 2.05) is 0 Å². The first-order valence-corrected chi connectivity index (χ1v) is 15.2. The Morgan fingerprint density at radius 2 is 0.697 bits per heavy atom. The molecule has 0 unspecified atom stereocenters. The molecule has 0 bridgehead atoms. The quantitative estimate of drug-likeness (QED) is 0.0429. The maximum Gasteiger partial charge on any atom is 0.0821 e. The number of allylic oxidation sites excluding steroid dienone is 1. The van der Waals surface area contributed by atoms with E-state index in [4.69, 9.17) is 0 Å². The maximum atomic E-state index is 2.50. The third-order valence-corrected chi connectivity index (χ3v) is 7.35. The average molecular weight is 578 g/mol. The van der Waals surface area contributed by atoms with Crippen LogP contribution in [0.4, 0.5) is 0 Å². The number of hydrogen-bond acceptors (Lipinski definition) is 0. The lowest BCUT2D eigenvalue weighted by Crippen LogP contribution is -3.00. The zero-order valence-corrected chi connectivity index (χ0v) is 25.8. The second kappa shape index (κ2) is 28.7. The first-order valence-electron chi connectivity index (χ1n) is 15.2. The number of rotatable bonds is 26. The van der Waals surface area contributed by atoms with E-state index in [2.05, 4.69) is 39.8 Å². The number of halogens is 1. The van der Waals surface area contributed by atoms with Crippen LogP contribution < -0.4 is 24.0 Å². The van der Waals surface area contributed by atoms with Gasteiger partial charge in [-0.25, -0.2) is 0 Å². The molecule has 0 aliphatic heterocycles. The van der Waals surface area contributed by atoms with Crippen molar-refractivity contribution in [2.24, 2.45) is 0 Å². The van der Waals surface area contributed by atoms with Gasteiger partial charge in [0, 0.05) is 6.42 Å². The lowest BCUT2D eigenvalue weighted by molar-refractivity contribution is -0.928. The van der Waals surface area contributed by atoms with E-state index in [-0.39, 0.29) is 24.0 Å². The highest BCUT2D eigenvalue weighted by Gasteiger charge is 2.25. The highest BCUT2D eigenvalue weighted by atomic mass is 127. The van der Waals surface area contributed by atoms with Gasteiger partial charge in [0.05, 0.1) is 26.2 Å². The monoisotopic (exact) mass is 577 g/mol. The van der Waals surface area contributed by atoms with Gasteiger partial charge in [0.15, 0.2) is 0 Å². The fourth-order valence-electron chi connectivity index (χ4n) is 5.10. The van der Waals surface area contributed by atoms with Gasteiger partial charge < -0.3 is 28.5 Å². The first kappa shape index (κ1) is 35.6. The van der Waals surface area contributed by atoms with Crippen molar-refractivity contribution in [1.82, 2.24) is 0 Å². The van der Waals surface area contributed by atoms with E-state index in [1.165, 1.54) is 165 Å². The summed E-state index contributed by atoms with van der Waals surface area (Å²) >= 11 is 0. The molecule has 0 heterocycles. The molecule has 0 radical (unpaired) electrons. The predicted octanol–water partition coefficient (Wildman–Crippen LogP) is 7.64. The van der Waals surface area contributed by atoms with Crippen molar-refractivity contribution in [3.63, 3.8) is 0 Å². The molecule has 0 aromatic heterocycles. The van der Waals surface area contributed by atoms with Crippen molar-refractivity contribution in [1.29, 1.82) is 0 Å². The third-order valence-electron chi connectivity index (χ3n) is 7.35. The second-order valence-corrected chi connectivity index (χ2v) is 10.6. The summed E-state index contributed by atoms with van der Waals surface area (Å²) in [5, 5.41) is 0. The lowest BCUT2D eigenvalue weighted by atomic mass is 10.1. The van der Waals surface area contributed by atoms with E-state index in [0.29, 0.717) is 0 Å². The second-order valence-electron chi connectivity index (χ2n) is 10.6. The van der Waals surface area contributed by atoms with Crippen LogP contribution in [0.3, 0.4) is 0 Å². The number of unbranched alkanes of at least 4 members (excludes halogenated alkanes) is 16. The van der Waals surface area contributed by atoms with Gasteiger partial charge in [0.25, 0.3) is 0 Å². The van der Waals surface area contributed by atoms with Crippen LogP contribution in [0.2, 0.25) is 0 Å². The van der Waals surface area contributed by atoms with Crippen LogP contribution in [0.5, 0.6) is 0 Å². The van der Waals surface area contributed by atoms with Crippen molar-refractivity contribution >= 4 is 0 Å². The Kier molecular flexibility index (Phi) is 30.9. The third kappa shape index (κ3) is 23.9. The summed E-state index contributed by atoms with van der Waals surface area (Å²) < 4.78 is 1.42. The molecule has 0 aromatic rings. The molecule has 0 aromatic carbocycles. The molecule has 0 rings (SSSR count). The largest absolute Gasteiger partial charge is 1.00 e. The molecule has 2 heteroatoms. The maximum absolute atomic E-state index is 2.50. The molecule has 0 amide bonds. The summed E-state index contributed by atoms with van der Waals surface area (Å²) in [7, 11) is 0. The SMILES string of the molecule is CCCC=CCC[N+](CCCCCCCC)(CCCCCCCC)CCCCCCCC.[I-]. The Labute approximate surface area is 228 Å². The molecule has 0 saturated carbocycles. The van der Waals surface area contributed by atoms with Gasteiger partial charge in [0.1, 0.15) is 0 Å². The molecule has 200 valence electrons. The van der Waals surface area contributed by atoms with Crippen LogP contribution in [-0.4, -0.2) is 30.7 Å². The van der Waals surface area contributed by atoms with Gasteiger partial charge >= 0.3 is 0 Å². The van der Waals surface area contributed by atoms with Gasteiger partial charge in [-0.1, -0.05) is 123 Å². The van der Waals surface area contributed by atoms with Crippen molar-refractivity contribution in [2.75, 3.05) is 26.2 Å². The molecular formula is C31H64IN. The molecule has 0 saturated heterocycles. The van der Waals surface area contributed by atoms with E-state index < -0.39 is 0 Å². The molecule has 33 heavy (non-hydrogen) atoms. The molecule has 0 spiro atoms. The van der Waals surface area contributed by atoms with Gasteiger partial charge in [-0.2, -0.15) is 0 Å². The highest BCUT2D eigenvalue weighted by Crippen LogP contribution is 2.19. The Hall–Kier alpha value is 0.430. The number of hydrogen-bond donors (Lipinski definition) is 0. The van der Waals surface area contributed by atoms with Gasteiger partial charge in [0.2, 0.25) is 0 Å². The number of quaternary nitrogens is 1. The van der Waals surface area contributed by atoms with Gasteiger partial charge in [-0.05, 0) is 44.9 Å². The zero-order valence-electron chi connectivity index (χ0n) is 23.7. The van der Waals surface area contributed by atoms with Crippen LogP contribution in [0.1, 0.15) is 163 Å². The van der Waals surface area contributed by atoms with E-state index >= 15 is 0 Å². The normalized spacial score (nSPS) is 11.9. The van der Waals surface area contributed by atoms with Crippen molar-refractivity contribution in [2.45, 2.75) is 163 Å². The molecular weight excluding hydrogens is 513 g/mol. The minimum Gasteiger partial charge on any atom is -1.00 e. The zero-order chi connectivity index (χ0) is 23.6. The number of nitrogens with zero attached hydrogens (tertiary/aromatic N) is 1. The molecule has 1 nitrogen and oxygen atoms in total. The predicted molar refractivity (Wildman–Crippen MR) is 149 cm³/mol. The van der Waals surface area contributed by atoms with Crippen LogP contribution in [0.25, 0.3) is 0 Å². The Morgan fingerprint density at radius 1 is 0.364 bits per heavy atom. The highest BCUT2D eigenvalue weighted by molar-refractivity contribution is 4.81. The standard InChI is InChI=1S/C31H64N.HI/c1-5-9-13-17-21-25-29-32(28-24-20-16-12-8-4,30-26-22-18-14-10-6-2)31-27-23-19-15-11-7-3;/h16,20H,5-15,17-19,21-31H2,1-4H3;1H/q+1;/p-1. The molecule has 0 N–H and O–H groups in total. The molecule has 0 aliphatic rings. The summed E-state index contributed by atoms with van der Waals surface area (Å²) in [6, 6.07) is 0. The topological polar surface area (TPSA) is 0 Å². The fourth-order valence-corrected chi connectivity index (χ4v) is 5.10. The Bertz CT molecular complexity index is 338. The van der Waals surface area contributed by atoms with Crippen molar-refractivity contribution < 1.29 is 28.5 Å². The lowest BCUT2D eigenvalue weighted by Gasteiger charge is -2.39. The summed E-state index contributed by atoms with van der Waals surface area (Å²) in [5.41, 5.74) is 0. The first-order chi connectivity index (χ1) is 15.7. The molecule has 0 atom stereocenters. The summed E-state index contributed by atoms with van der Waals surface area (Å²) in [6.07, 6.45) is 34.6. The smallest absolute Gasteiger partial charge is 0.0821 e. The average Bonchev–Trinajstić information content (AvgIpc) is 2.80. The fraction of sp³-hybridized carbons (Fsp3) is 0.935. The van der Waals surface area contributed by atoms with E-state index in [0.717, 1.165) is 0 Å². The van der Waals surface area contributed by atoms with Crippen LogP contribution in [0, 0.1) is 0 Å². The minimum absolute atomic E-state index is 0.